The standard InChI is InChI=1S/C17H9F3O/c18-13-9-8-12(10-4-1-2-5-11(10)13)17(21)16-14(19)6-3-7-15(16)20/h1-9H. The molecule has 0 heterocycles. The number of hydrogen-bond acceptors (Lipinski definition) is 1. The number of fused-ring (bicyclic) bond motifs is 1. The molecule has 0 aliphatic rings. The Labute approximate surface area is 118 Å². The van der Waals surface area contributed by atoms with Crippen LogP contribution in [0, 0.1) is 17.5 Å². The molecule has 0 saturated carbocycles. The normalized spacial score (nSPS) is 10.8. The molecule has 3 aromatic carbocycles. The zero-order valence-electron chi connectivity index (χ0n) is 10.7. The van der Waals surface area contributed by atoms with Crippen molar-refractivity contribution in [1.29, 1.82) is 0 Å². The van der Waals surface area contributed by atoms with Gasteiger partial charge < -0.3 is 0 Å². The van der Waals surface area contributed by atoms with Crippen LogP contribution in [0.3, 0.4) is 0 Å². The molecular weight excluding hydrogens is 277 g/mol. The second-order valence-electron chi connectivity index (χ2n) is 4.57. The lowest BCUT2D eigenvalue weighted by Crippen LogP contribution is -2.08. The van der Waals surface area contributed by atoms with E-state index < -0.39 is 28.8 Å². The molecule has 0 radical (unpaired) electrons. The van der Waals surface area contributed by atoms with Gasteiger partial charge in [-0.25, -0.2) is 13.2 Å². The highest BCUT2D eigenvalue weighted by molar-refractivity contribution is 6.16. The number of rotatable bonds is 2. The number of carbonyl (C=O) groups excluding carboxylic acids is 1. The van der Waals surface area contributed by atoms with Gasteiger partial charge in [0.15, 0.2) is 5.78 Å². The Morgan fingerprint density at radius 3 is 1.95 bits per heavy atom. The van der Waals surface area contributed by atoms with E-state index in [-0.39, 0.29) is 10.9 Å². The molecule has 0 aliphatic heterocycles. The van der Waals surface area contributed by atoms with Gasteiger partial charge in [-0.05, 0) is 29.7 Å². The molecule has 0 aliphatic carbocycles. The molecule has 0 amide bonds. The average Bonchev–Trinajstić information content (AvgIpc) is 2.47. The van der Waals surface area contributed by atoms with Crippen molar-refractivity contribution in [3.8, 4) is 0 Å². The Bertz CT molecular complexity index is 836. The van der Waals surface area contributed by atoms with Gasteiger partial charge in [-0.15, -0.1) is 0 Å². The van der Waals surface area contributed by atoms with Crippen molar-refractivity contribution in [2.24, 2.45) is 0 Å². The molecule has 0 spiro atoms. The van der Waals surface area contributed by atoms with E-state index in [1.54, 1.807) is 18.2 Å². The largest absolute Gasteiger partial charge is 0.288 e. The maximum atomic E-state index is 13.7. The average molecular weight is 286 g/mol. The van der Waals surface area contributed by atoms with Crippen LogP contribution >= 0.6 is 0 Å². The van der Waals surface area contributed by atoms with Gasteiger partial charge >= 0.3 is 0 Å². The smallest absolute Gasteiger partial charge is 0.199 e. The van der Waals surface area contributed by atoms with Gasteiger partial charge in [0.1, 0.15) is 17.5 Å². The van der Waals surface area contributed by atoms with Crippen molar-refractivity contribution in [3.05, 3.63) is 83.2 Å². The Hall–Kier alpha value is -2.62. The van der Waals surface area contributed by atoms with Crippen molar-refractivity contribution in [1.82, 2.24) is 0 Å². The van der Waals surface area contributed by atoms with Crippen LogP contribution in [-0.2, 0) is 0 Å². The summed E-state index contributed by atoms with van der Waals surface area (Å²) >= 11 is 0. The summed E-state index contributed by atoms with van der Waals surface area (Å²) in [6.45, 7) is 0. The quantitative estimate of drug-likeness (QED) is 0.634. The topological polar surface area (TPSA) is 17.1 Å². The molecule has 0 atom stereocenters. The second kappa shape index (κ2) is 5.05. The van der Waals surface area contributed by atoms with E-state index in [1.807, 2.05) is 0 Å². The highest BCUT2D eigenvalue weighted by Gasteiger charge is 2.21. The fraction of sp³-hybridized carbons (Fsp3) is 0. The molecule has 4 heteroatoms. The lowest BCUT2D eigenvalue weighted by molar-refractivity contribution is 0.103. The summed E-state index contributed by atoms with van der Waals surface area (Å²) in [6, 6.07) is 11.9. The molecule has 104 valence electrons. The summed E-state index contributed by atoms with van der Waals surface area (Å²) in [7, 11) is 0. The molecule has 0 aromatic heterocycles. The van der Waals surface area contributed by atoms with Gasteiger partial charge in [0, 0.05) is 10.9 Å². The first-order valence-electron chi connectivity index (χ1n) is 6.25. The molecule has 0 N–H and O–H groups in total. The third-order valence-electron chi connectivity index (χ3n) is 3.31. The zero-order chi connectivity index (χ0) is 15.0. The van der Waals surface area contributed by atoms with Gasteiger partial charge in [-0.3, -0.25) is 4.79 Å². The van der Waals surface area contributed by atoms with E-state index in [1.165, 1.54) is 18.2 Å². The van der Waals surface area contributed by atoms with Crippen LogP contribution < -0.4 is 0 Å². The highest BCUT2D eigenvalue weighted by Crippen LogP contribution is 2.25. The van der Waals surface area contributed by atoms with Gasteiger partial charge in [-0.2, -0.15) is 0 Å². The Kier molecular flexibility index (Phi) is 3.22. The molecule has 3 rings (SSSR count). The van der Waals surface area contributed by atoms with Crippen molar-refractivity contribution in [2.75, 3.05) is 0 Å². The molecule has 21 heavy (non-hydrogen) atoms. The summed E-state index contributed by atoms with van der Waals surface area (Å²) in [5, 5.41) is 0.560. The fourth-order valence-electron chi connectivity index (χ4n) is 2.31. The monoisotopic (exact) mass is 286 g/mol. The molecule has 0 unspecified atom stereocenters. The van der Waals surface area contributed by atoms with Crippen molar-refractivity contribution >= 4 is 16.6 Å². The highest BCUT2D eigenvalue weighted by atomic mass is 19.1. The number of halogens is 3. The minimum atomic E-state index is -0.937. The van der Waals surface area contributed by atoms with Crippen LogP contribution in [0.1, 0.15) is 15.9 Å². The first kappa shape index (κ1) is 13.4. The Morgan fingerprint density at radius 2 is 1.29 bits per heavy atom. The summed E-state index contributed by atoms with van der Waals surface area (Å²) in [5.74, 6) is -3.17. The minimum absolute atomic E-state index is 0.0657. The maximum Gasteiger partial charge on any atom is 0.199 e. The van der Waals surface area contributed by atoms with E-state index >= 15 is 0 Å². The number of carbonyl (C=O) groups is 1. The molecule has 1 nitrogen and oxygen atoms in total. The van der Waals surface area contributed by atoms with Crippen LogP contribution in [0.25, 0.3) is 10.8 Å². The van der Waals surface area contributed by atoms with Gasteiger partial charge in [0.25, 0.3) is 0 Å². The molecule has 3 aromatic rings. The molecular formula is C17H9F3O. The lowest BCUT2D eigenvalue weighted by Gasteiger charge is -2.08. The Balaban J connectivity index is 2.26. The third kappa shape index (κ3) is 2.18. The Morgan fingerprint density at radius 1 is 0.667 bits per heavy atom. The molecule has 0 fully saturated rings. The van der Waals surface area contributed by atoms with Crippen LogP contribution in [0.2, 0.25) is 0 Å². The molecule has 0 saturated heterocycles. The van der Waals surface area contributed by atoms with E-state index in [4.69, 9.17) is 0 Å². The number of hydrogen-bond donors (Lipinski definition) is 0. The van der Waals surface area contributed by atoms with E-state index in [9.17, 15) is 18.0 Å². The predicted octanol–water partition coefficient (Wildman–Crippen LogP) is 4.49. The van der Waals surface area contributed by atoms with Crippen LogP contribution in [-0.4, -0.2) is 5.78 Å². The van der Waals surface area contributed by atoms with E-state index in [2.05, 4.69) is 0 Å². The second-order valence-corrected chi connectivity index (χ2v) is 4.57. The SMILES string of the molecule is O=C(c1c(F)cccc1F)c1ccc(F)c2ccccc12. The van der Waals surface area contributed by atoms with Crippen LogP contribution in [0.5, 0.6) is 0 Å². The number of ketones is 1. The van der Waals surface area contributed by atoms with Crippen molar-refractivity contribution in [3.63, 3.8) is 0 Å². The first-order valence-corrected chi connectivity index (χ1v) is 6.25. The third-order valence-corrected chi connectivity index (χ3v) is 3.31. The van der Waals surface area contributed by atoms with Gasteiger partial charge in [-0.1, -0.05) is 30.3 Å². The minimum Gasteiger partial charge on any atom is -0.288 e. The van der Waals surface area contributed by atoms with E-state index in [0.29, 0.717) is 5.39 Å². The van der Waals surface area contributed by atoms with Crippen LogP contribution in [0.4, 0.5) is 13.2 Å². The summed E-state index contributed by atoms with van der Waals surface area (Å²) < 4.78 is 41.2. The lowest BCUT2D eigenvalue weighted by atomic mass is 9.96. The van der Waals surface area contributed by atoms with Crippen molar-refractivity contribution < 1.29 is 18.0 Å². The molecule has 0 bridgehead atoms. The van der Waals surface area contributed by atoms with E-state index in [0.717, 1.165) is 18.2 Å². The summed E-state index contributed by atoms with van der Waals surface area (Å²) in [4.78, 5) is 12.4. The zero-order valence-corrected chi connectivity index (χ0v) is 10.7. The van der Waals surface area contributed by atoms with Crippen molar-refractivity contribution in [2.45, 2.75) is 0 Å². The van der Waals surface area contributed by atoms with Gasteiger partial charge in [0.2, 0.25) is 0 Å². The maximum absolute atomic E-state index is 13.7. The van der Waals surface area contributed by atoms with Crippen LogP contribution in [0.15, 0.2) is 54.6 Å². The summed E-state index contributed by atoms with van der Waals surface area (Å²) in [6.07, 6.45) is 0. The predicted molar refractivity (Wildman–Crippen MR) is 73.7 cm³/mol. The number of benzene rings is 3. The fourth-order valence-corrected chi connectivity index (χ4v) is 2.31. The van der Waals surface area contributed by atoms with Gasteiger partial charge in [0.05, 0.1) is 5.56 Å². The summed E-state index contributed by atoms with van der Waals surface area (Å²) in [5.41, 5.74) is -0.565. The first-order chi connectivity index (χ1) is 10.1.